The molecule has 2 atom stereocenters. The Labute approximate surface area is 128 Å². The molecular weight excluding hydrogens is 281 g/mol. The standard InChI is InChI=1S/C17H16FN3O/c1-11(13-5-3-2-4-6-13)16(20)17(22)21-15-8-7-12(10-19)9-14(15)18/h2-9,11,16H,20H2,1H3,(H,21,22)/t11-,16-/m0/s1. The lowest BCUT2D eigenvalue weighted by atomic mass is 9.93. The van der Waals surface area contributed by atoms with E-state index in [0.717, 1.165) is 11.6 Å². The van der Waals surface area contributed by atoms with Crippen LogP contribution in [0.25, 0.3) is 0 Å². The molecule has 0 aliphatic rings. The molecule has 0 aromatic heterocycles. The van der Waals surface area contributed by atoms with Crippen LogP contribution in [0.2, 0.25) is 0 Å². The maximum atomic E-state index is 13.8. The highest BCUT2D eigenvalue weighted by molar-refractivity contribution is 5.95. The van der Waals surface area contributed by atoms with E-state index in [4.69, 9.17) is 11.0 Å². The molecule has 0 spiro atoms. The first kappa shape index (κ1) is 15.7. The van der Waals surface area contributed by atoms with E-state index in [-0.39, 0.29) is 17.2 Å². The van der Waals surface area contributed by atoms with Crippen LogP contribution in [0.15, 0.2) is 48.5 Å². The number of hydrogen-bond donors (Lipinski definition) is 2. The summed E-state index contributed by atoms with van der Waals surface area (Å²) in [6.45, 7) is 1.84. The molecule has 2 aromatic carbocycles. The number of halogens is 1. The van der Waals surface area contributed by atoms with Gasteiger partial charge in [0.15, 0.2) is 0 Å². The number of nitrogens with one attached hydrogen (secondary N) is 1. The Morgan fingerprint density at radius 3 is 2.55 bits per heavy atom. The van der Waals surface area contributed by atoms with Crippen LogP contribution in [0.5, 0.6) is 0 Å². The van der Waals surface area contributed by atoms with Gasteiger partial charge in [-0.3, -0.25) is 4.79 Å². The zero-order valence-corrected chi connectivity index (χ0v) is 12.1. The highest BCUT2D eigenvalue weighted by atomic mass is 19.1. The molecule has 22 heavy (non-hydrogen) atoms. The van der Waals surface area contributed by atoms with Gasteiger partial charge in [-0.15, -0.1) is 0 Å². The van der Waals surface area contributed by atoms with E-state index in [1.165, 1.54) is 12.1 Å². The summed E-state index contributed by atoms with van der Waals surface area (Å²) < 4.78 is 13.8. The van der Waals surface area contributed by atoms with Crippen molar-refractivity contribution in [1.29, 1.82) is 5.26 Å². The van der Waals surface area contributed by atoms with Crippen molar-refractivity contribution in [3.63, 3.8) is 0 Å². The molecule has 4 nitrogen and oxygen atoms in total. The quantitative estimate of drug-likeness (QED) is 0.910. The lowest BCUT2D eigenvalue weighted by Gasteiger charge is -2.20. The molecular formula is C17H16FN3O. The maximum Gasteiger partial charge on any atom is 0.241 e. The van der Waals surface area contributed by atoms with Gasteiger partial charge in [-0.2, -0.15) is 5.26 Å². The second kappa shape index (κ2) is 6.83. The van der Waals surface area contributed by atoms with Crippen LogP contribution in [0.4, 0.5) is 10.1 Å². The summed E-state index contributed by atoms with van der Waals surface area (Å²) in [6, 6.07) is 14.3. The van der Waals surface area contributed by atoms with Crippen molar-refractivity contribution in [1.82, 2.24) is 0 Å². The van der Waals surface area contributed by atoms with Gasteiger partial charge in [0, 0.05) is 5.92 Å². The van der Waals surface area contributed by atoms with E-state index in [1.54, 1.807) is 0 Å². The van der Waals surface area contributed by atoms with Gasteiger partial charge in [-0.1, -0.05) is 37.3 Å². The number of nitrogens with two attached hydrogens (primary N) is 1. The molecule has 2 rings (SSSR count). The second-order valence-electron chi connectivity index (χ2n) is 5.02. The van der Waals surface area contributed by atoms with Crippen molar-refractivity contribution in [3.05, 3.63) is 65.5 Å². The molecule has 5 heteroatoms. The van der Waals surface area contributed by atoms with Gasteiger partial charge in [0.2, 0.25) is 5.91 Å². The molecule has 0 saturated carbocycles. The summed E-state index contributed by atoms with van der Waals surface area (Å²) in [5.74, 6) is -1.34. The third-order valence-electron chi connectivity index (χ3n) is 3.52. The van der Waals surface area contributed by atoms with E-state index < -0.39 is 17.8 Å². The topological polar surface area (TPSA) is 78.9 Å². The molecule has 0 aliphatic carbocycles. The smallest absolute Gasteiger partial charge is 0.241 e. The molecule has 112 valence electrons. The Bertz CT molecular complexity index is 710. The number of anilines is 1. The highest BCUT2D eigenvalue weighted by Gasteiger charge is 2.23. The zero-order chi connectivity index (χ0) is 16.1. The predicted molar refractivity (Wildman–Crippen MR) is 82.6 cm³/mol. The molecule has 2 aromatic rings. The summed E-state index contributed by atoms with van der Waals surface area (Å²) in [7, 11) is 0. The Morgan fingerprint density at radius 1 is 1.27 bits per heavy atom. The normalized spacial score (nSPS) is 13.0. The highest BCUT2D eigenvalue weighted by Crippen LogP contribution is 2.20. The van der Waals surface area contributed by atoms with Crippen molar-refractivity contribution >= 4 is 11.6 Å². The second-order valence-corrected chi connectivity index (χ2v) is 5.02. The van der Waals surface area contributed by atoms with E-state index in [0.29, 0.717) is 0 Å². The molecule has 0 aliphatic heterocycles. The summed E-state index contributed by atoms with van der Waals surface area (Å²) in [6.07, 6.45) is 0. The van der Waals surface area contributed by atoms with Crippen molar-refractivity contribution in [2.45, 2.75) is 18.9 Å². The average Bonchev–Trinajstić information content (AvgIpc) is 2.56. The van der Waals surface area contributed by atoms with Gasteiger partial charge >= 0.3 is 0 Å². The number of carbonyl (C=O) groups excluding carboxylic acids is 1. The van der Waals surface area contributed by atoms with Crippen molar-refractivity contribution in [2.24, 2.45) is 5.73 Å². The molecule has 0 saturated heterocycles. The Hall–Kier alpha value is -2.71. The third-order valence-corrected chi connectivity index (χ3v) is 3.52. The monoisotopic (exact) mass is 297 g/mol. The number of benzene rings is 2. The number of carbonyl (C=O) groups is 1. The minimum absolute atomic E-state index is 0.0136. The van der Waals surface area contributed by atoms with Crippen LogP contribution in [-0.2, 0) is 4.79 Å². The van der Waals surface area contributed by atoms with Gasteiger partial charge in [-0.05, 0) is 23.8 Å². The number of nitrogens with zero attached hydrogens (tertiary/aromatic N) is 1. The van der Waals surface area contributed by atoms with E-state index in [2.05, 4.69) is 5.32 Å². The van der Waals surface area contributed by atoms with Gasteiger partial charge in [0.05, 0.1) is 23.4 Å². The molecule has 3 N–H and O–H groups in total. The fraction of sp³-hybridized carbons (Fsp3) is 0.176. The molecule has 0 bridgehead atoms. The molecule has 0 heterocycles. The first-order chi connectivity index (χ1) is 10.5. The summed E-state index contributed by atoms with van der Waals surface area (Å²) in [5, 5.41) is 11.2. The Morgan fingerprint density at radius 2 is 1.95 bits per heavy atom. The Kier molecular flexibility index (Phi) is 4.87. The largest absolute Gasteiger partial charge is 0.322 e. The van der Waals surface area contributed by atoms with Crippen molar-refractivity contribution in [2.75, 3.05) is 5.32 Å². The molecule has 0 radical (unpaired) electrons. The SMILES string of the molecule is C[C@@H](c1ccccc1)[C@H](N)C(=O)Nc1ccc(C#N)cc1F. The van der Waals surface area contributed by atoms with Crippen LogP contribution in [-0.4, -0.2) is 11.9 Å². The maximum absolute atomic E-state index is 13.8. The van der Waals surface area contributed by atoms with Crippen molar-refractivity contribution in [3.8, 4) is 6.07 Å². The fourth-order valence-electron chi connectivity index (χ4n) is 2.09. The van der Waals surface area contributed by atoms with Gasteiger partial charge < -0.3 is 11.1 Å². The van der Waals surface area contributed by atoms with Gasteiger partial charge in [0.25, 0.3) is 0 Å². The predicted octanol–water partition coefficient (Wildman–Crippen LogP) is 2.77. The minimum Gasteiger partial charge on any atom is -0.322 e. The zero-order valence-electron chi connectivity index (χ0n) is 12.1. The van der Waals surface area contributed by atoms with Crippen LogP contribution >= 0.6 is 0 Å². The summed E-state index contributed by atoms with van der Waals surface area (Å²) in [4.78, 5) is 12.2. The third kappa shape index (κ3) is 3.48. The van der Waals surface area contributed by atoms with Gasteiger partial charge in [-0.25, -0.2) is 4.39 Å². The number of amides is 1. The lowest BCUT2D eigenvalue weighted by Crippen LogP contribution is -2.39. The molecule has 0 fully saturated rings. The molecule has 1 amide bonds. The van der Waals surface area contributed by atoms with Crippen molar-refractivity contribution < 1.29 is 9.18 Å². The van der Waals surface area contributed by atoms with Gasteiger partial charge in [0.1, 0.15) is 5.82 Å². The van der Waals surface area contributed by atoms with Crippen LogP contribution in [0.1, 0.15) is 24.0 Å². The average molecular weight is 297 g/mol. The van der Waals surface area contributed by atoms with Crippen LogP contribution in [0, 0.1) is 17.1 Å². The van der Waals surface area contributed by atoms with Crippen LogP contribution in [0.3, 0.4) is 0 Å². The fourth-order valence-corrected chi connectivity index (χ4v) is 2.09. The Balaban J connectivity index is 2.10. The van der Waals surface area contributed by atoms with E-state index in [9.17, 15) is 9.18 Å². The first-order valence-corrected chi connectivity index (χ1v) is 6.84. The van der Waals surface area contributed by atoms with E-state index >= 15 is 0 Å². The summed E-state index contributed by atoms with van der Waals surface area (Å²) >= 11 is 0. The lowest BCUT2D eigenvalue weighted by molar-refractivity contribution is -0.117. The number of nitriles is 1. The molecule has 0 unspecified atom stereocenters. The van der Waals surface area contributed by atoms with Crippen LogP contribution < -0.4 is 11.1 Å². The number of rotatable bonds is 4. The first-order valence-electron chi connectivity index (χ1n) is 6.84. The summed E-state index contributed by atoms with van der Waals surface area (Å²) in [5.41, 5.74) is 7.10. The minimum atomic E-state index is -0.808. The number of hydrogen-bond acceptors (Lipinski definition) is 3. The van der Waals surface area contributed by atoms with E-state index in [1.807, 2.05) is 43.3 Å².